The highest BCUT2D eigenvalue weighted by molar-refractivity contribution is 7.20. The zero-order chi connectivity index (χ0) is 28.3. The second-order valence-corrected chi connectivity index (χ2v) is 12.1. The number of thiophene rings is 1. The van der Waals surface area contributed by atoms with Crippen LogP contribution in [0.25, 0.3) is 59.6 Å². The van der Waals surface area contributed by atoms with E-state index in [2.05, 4.69) is 138 Å². The van der Waals surface area contributed by atoms with E-state index in [1.54, 1.807) is 0 Å². The van der Waals surface area contributed by atoms with Crippen molar-refractivity contribution >= 4 is 71.2 Å². The van der Waals surface area contributed by atoms with Crippen LogP contribution < -0.4 is 10.2 Å². The lowest BCUT2D eigenvalue weighted by atomic mass is 10.0. The molecule has 0 saturated carbocycles. The van der Waals surface area contributed by atoms with Crippen LogP contribution in [0.3, 0.4) is 0 Å². The standard InChI is InChI=1S/C39H26N2OS/c1-2-9-25(10-3-1)26-17-19-29(20-18-26)41(33-14-8-16-36-38(33)30-13-6-7-15-35(30)42-36)34-24-40-23-32-31-21-27-11-4-5-12-28(27)22-37(31)43-39(32)34/h1-22,24,40H,23H2. The summed E-state index contributed by atoms with van der Waals surface area (Å²) in [6, 6.07) is 47.5. The number of hydrogen-bond acceptors (Lipinski definition) is 4. The van der Waals surface area contributed by atoms with Crippen LogP contribution in [0.15, 0.2) is 144 Å². The van der Waals surface area contributed by atoms with Gasteiger partial charge in [-0.3, -0.25) is 0 Å². The maximum atomic E-state index is 6.35. The molecule has 0 unspecified atom stereocenters. The van der Waals surface area contributed by atoms with Crippen LogP contribution in [-0.4, -0.2) is 0 Å². The summed E-state index contributed by atoms with van der Waals surface area (Å²) in [4.78, 5) is 3.69. The lowest BCUT2D eigenvalue weighted by Crippen LogP contribution is -2.22. The third-order valence-corrected chi connectivity index (χ3v) is 9.72. The Morgan fingerprint density at radius 3 is 2.21 bits per heavy atom. The Labute approximate surface area is 252 Å². The average molecular weight is 571 g/mol. The number of hydrogen-bond donors (Lipinski definition) is 1. The van der Waals surface area contributed by atoms with Gasteiger partial charge in [-0.15, -0.1) is 11.3 Å². The summed E-state index contributed by atoms with van der Waals surface area (Å²) in [6.45, 7) is 0.802. The maximum Gasteiger partial charge on any atom is 0.137 e. The molecule has 0 fully saturated rings. The minimum Gasteiger partial charge on any atom is -0.456 e. The fourth-order valence-electron chi connectivity index (χ4n) is 6.48. The molecule has 9 rings (SSSR count). The summed E-state index contributed by atoms with van der Waals surface area (Å²) in [5, 5.41) is 9.73. The van der Waals surface area contributed by atoms with Crippen molar-refractivity contribution in [2.24, 2.45) is 0 Å². The minimum absolute atomic E-state index is 0.802. The van der Waals surface area contributed by atoms with Crippen molar-refractivity contribution in [3.63, 3.8) is 0 Å². The number of para-hydroxylation sites is 1. The molecule has 4 heteroatoms. The van der Waals surface area contributed by atoms with Gasteiger partial charge >= 0.3 is 0 Å². The first kappa shape index (κ1) is 24.3. The van der Waals surface area contributed by atoms with Gasteiger partial charge in [0.2, 0.25) is 0 Å². The van der Waals surface area contributed by atoms with E-state index in [4.69, 9.17) is 4.42 Å². The van der Waals surface area contributed by atoms with E-state index in [9.17, 15) is 0 Å². The van der Waals surface area contributed by atoms with Crippen molar-refractivity contribution in [3.8, 4) is 11.1 Å². The van der Waals surface area contributed by atoms with E-state index in [0.29, 0.717) is 0 Å². The largest absolute Gasteiger partial charge is 0.456 e. The zero-order valence-electron chi connectivity index (χ0n) is 23.2. The van der Waals surface area contributed by atoms with Crippen molar-refractivity contribution in [2.75, 3.05) is 4.90 Å². The van der Waals surface area contributed by atoms with Gasteiger partial charge in [0.05, 0.1) is 21.6 Å². The molecule has 0 saturated heterocycles. The summed E-state index contributed by atoms with van der Waals surface area (Å²) in [5.41, 5.74) is 8.86. The van der Waals surface area contributed by atoms with Gasteiger partial charge in [0.1, 0.15) is 11.2 Å². The van der Waals surface area contributed by atoms with Gasteiger partial charge in [-0.25, -0.2) is 0 Å². The highest BCUT2D eigenvalue weighted by Gasteiger charge is 2.27. The molecule has 1 N–H and O–H groups in total. The first-order valence-corrected chi connectivity index (χ1v) is 15.4. The monoisotopic (exact) mass is 570 g/mol. The van der Waals surface area contributed by atoms with Gasteiger partial charge < -0.3 is 14.6 Å². The molecule has 2 aromatic heterocycles. The number of rotatable bonds is 4. The van der Waals surface area contributed by atoms with Gasteiger partial charge in [-0.1, -0.05) is 91.0 Å². The first-order valence-electron chi connectivity index (χ1n) is 14.6. The van der Waals surface area contributed by atoms with Crippen LogP contribution in [0.4, 0.5) is 11.4 Å². The fraction of sp³-hybridized carbons (Fsp3) is 0.0256. The Balaban J connectivity index is 1.28. The predicted molar refractivity (Wildman–Crippen MR) is 182 cm³/mol. The van der Waals surface area contributed by atoms with Crippen LogP contribution in [0.1, 0.15) is 10.4 Å². The Kier molecular flexibility index (Phi) is 5.43. The number of fused-ring (bicyclic) bond motifs is 7. The second-order valence-electron chi connectivity index (χ2n) is 11.0. The minimum atomic E-state index is 0.802. The lowest BCUT2D eigenvalue weighted by molar-refractivity contribution is 0.669. The van der Waals surface area contributed by atoms with E-state index >= 15 is 0 Å². The summed E-state index contributed by atoms with van der Waals surface area (Å²) >= 11 is 1.88. The molecule has 6 aromatic carbocycles. The topological polar surface area (TPSA) is 28.4 Å². The van der Waals surface area contributed by atoms with Crippen molar-refractivity contribution in [3.05, 3.63) is 150 Å². The van der Waals surface area contributed by atoms with E-state index in [1.807, 2.05) is 23.5 Å². The molecule has 0 atom stereocenters. The molecule has 0 bridgehead atoms. The number of nitrogens with one attached hydrogen (secondary N) is 1. The average Bonchev–Trinajstić information content (AvgIpc) is 3.63. The van der Waals surface area contributed by atoms with Gasteiger partial charge in [0.25, 0.3) is 0 Å². The van der Waals surface area contributed by atoms with Crippen LogP contribution in [0.2, 0.25) is 0 Å². The van der Waals surface area contributed by atoms with E-state index in [1.165, 1.54) is 42.4 Å². The van der Waals surface area contributed by atoms with E-state index in [-0.39, 0.29) is 0 Å². The Bertz CT molecular complexity index is 2350. The molecule has 1 aliphatic heterocycles. The van der Waals surface area contributed by atoms with Gasteiger partial charge in [-0.2, -0.15) is 0 Å². The highest BCUT2D eigenvalue weighted by Crippen LogP contribution is 2.47. The quantitative estimate of drug-likeness (QED) is 0.228. The molecule has 1 aliphatic rings. The number of nitrogens with zero attached hydrogens (tertiary/aromatic N) is 1. The summed E-state index contributed by atoms with van der Waals surface area (Å²) in [7, 11) is 0. The van der Waals surface area contributed by atoms with Crippen LogP contribution >= 0.6 is 11.3 Å². The van der Waals surface area contributed by atoms with E-state index < -0.39 is 0 Å². The molecule has 3 heterocycles. The third kappa shape index (κ3) is 3.88. The van der Waals surface area contributed by atoms with Crippen molar-refractivity contribution < 1.29 is 4.42 Å². The Morgan fingerprint density at radius 1 is 0.628 bits per heavy atom. The van der Waals surface area contributed by atoms with Gasteiger partial charge in [-0.05, 0) is 75.3 Å². The van der Waals surface area contributed by atoms with E-state index in [0.717, 1.165) is 45.6 Å². The lowest BCUT2D eigenvalue weighted by Gasteiger charge is -2.30. The molecule has 0 radical (unpaired) electrons. The number of furan rings is 1. The smallest absolute Gasteiger partial charge is 0.137 e. The number of benzene rings is 6. The molecular weight excluding hydrogens is 545 g/mol. The maximum absolute atomic E-state index is 6.35. The highest BCUT2D eigenvalue weighted by atomic mass is 32.1. The van der Waals surface area contributed by atoms with Crippen LogP contribution in [-0.2, 0) is 6.54 Å². The van der Waals surface area contributed by atoms with Crippen LogP contribution in [0, 0.1) is 0 Å². The van der Waals surface area contributed by atoms with Gasteiger partial charge in [0.15, 0.2) is 0 Å². The van der Waals surface area contributed by atoms with Crippen molar-refractivity contribution in [1.82, 2.24) is 5.32 Å². The molecule has 0 aliphatic carbocycles. The van der Waals surface area contributed by atoms with Gasteiger partial charge in [0, 0.05) is 28.5 Å². The molecule has 0 spiro atoms. The predicted octanol–water partition coefficient (Wildman–Crippen LogP) is 10.9. The summed E-state index contributed by atoms with van der Waals surface area (Å²) in [5.74, 6) is 0. The Hall–Kier alpha value is -5.32. The normalized spacial score (nSPS) is 12.9. The molecule has 3 nitrogen and oxygen atoms in total. The third-order valence-electron chi connectivity index (χ3n) is 8.50. The Morgan fingerprint density at radius 2 is 1.35 bits per heavy atom. The van der Waals surface area contributed by atoms with Crippen molar-refractivity contribution in [2.45, 2.75) is 6.54 Å². The van der Waals surface area contributed by atoms with Crippen LogP contribution in [0.5, 0.6) is 0 Å². The molecule has 204 valence electrons. The molecule has 43 heavy (non-hydrogen) atoms. The summed E-state index contributed by atoms with van der Waals surface area (Å²) < 4.78 is 7.66. The zero-order valence-corrected chi connectivity index (χ0v) is 24.1. The SMILES string of the molecule is C1=C(N(c2ccc(-c3ccccc3)cc2)c2cccc3oc4ccccc4c23)c2sc3cc4ccccc4cc3c2CN1. The molecule has 0 amide bonds. The molecular formula is C39H26N2OS. The second kappa shape index (κ2) is 9.62. The fourth-order valence-corrected chi connectivity index (χ4v) is 7.74. The molecule has 8 aromatic rings. The summed E-state index contributed by atoms with van der Waals surface area (Å²) in [6.07, 6.45) is 2.18. The van der Waals surface area contributed by atoms with Crippen molar-refractivity contribution in [1.29, 1.82) is 0 Å². The number of anilines is 2. The first-order chi connectivity index (χ1) is 21.3.